The molecule has 0 amide bonds. The van der Waals surface area contributed by atoms with Gasteiger partial charge in [0.15, 0.2) is 0 Å². The molecule has 1 aromatic heterocycles. The van der Waals surface area contributed by atoms with Gasteiger partial charge in [0.25, 0.3) is 0 Å². The van der Waals surface area contributed by atoms with Crippen molar-refractivity contribution in [3.8, 4) is 0 Å². The van der Waals surface area contributed by atoms with Gasteiger partial charge >= 0.3 is 0 Å². The van der Waals surface area contributed by atoms with Crippen molar-refractivity contribution in [1.29, 1.82) is 0 Å². The highest BCUT2D eigenvalue weighted by Crippen LogP contribution is 2.23. The third-order valence-electron chi connectivity index (χ3n) is 1.79. The quantitative estimate of drug-likeness (QED) is 0.739. The van der Waals surface area contributed by atoms with E-state index in [9.17, 15) is 4.39 Å². The van der Waals surface area contributed by atoms with Crippen molar-refractivity contribution < 1.29 is 4.39 Å². The van der Waals surface area contributed by atoms with Gasteiger partial charge in [-0.2, -0.15) is 5.10 Å². The van der Waals surface area contributed by atoms with Gasteiger partial charge in [0.2, 0.25) is 0 Å². The first-order valence-corrected chi connectivity index (χ1v) is 4.27. The standard InChI is InChI=1S/C8H6BrFN2/c1-4-5-2-6(9)7(10)3-8(5)12-11-4/h2-3H,1H3,(H,11,12). The van der Waals surface area contributed by atoms with Crippen LogP contribution in [0.4, 0.5) is 4.39 Å². The first-order valence-electron chi connectivity index (χ1n) is 3.48. The largest absolute Gasteiger partial charge is 0.282 e. The zero-order chi connectivity index (χ0) is 8.72. The molecule has 0 spiro atoms. The van der Waals surface area contributed by atoms with Gasteiger partial charge < -0.3 is 0 Å². The summed E-state index contributed by atoms with van der Waals surface area (Å²) in [6.07, 6.45) is 0. The van der Waals surface area contributed by atoms with Crippen LogP contribution in [0.3, 0.4) is 0 Å². The number of aromatic amines is 1. The fourth-order valence-corrected chi connectivity index (χ4v) is 1.48. The normalized spacial score (nSPS) is 10.9. The Balaban J connectivity index is 2.87. The van der Waals surface area contributed by atoms with Gasteiger partial charge in [-0.1, -0.05) is 0 Å². The Morgan fingerprint density at radius 1 is 1.50 bits per heavy atom. The summed E-state index contributed by atoms with van der Waals surface area (Å²) in [5.74, 6) is -0.283. The first-order chi connectivity index (χ1) is 5.68. The molecule has 0 aliphatic rings. The predicted molar refractivity (Wildman–Crippen MR) is 48.5 cm³/mol. The van der Waals surface area contributed by atoms with Crippen LogP contribution < -0.4 is 0 Å². The number of benzene rings is 1. The molecule has 1 N–H and O–H groups in total. The predicted octanol–water partition coefficient (Wildman–Crippen LogP) is 2.77. The molecule has 0 fully saturated rings. The summed E-state index contributed by atoms with van der Waals surface area (Å²) in [7, 11) is 0. The first kappa shape index (κ1) is 7.73. The van der Waals surface area contributed by atoms with Gasteiger partial charge in [-0.05, 0) is 28.9 Å². The highest BCUT2D eigenvalue weighted by atomic mass is 79.9. The van der Waals surface area contributed by atoms with E-state index in [4.69, 9.17) is 0 Å². The minimum atomic E-state index is -0.283. The minimum Gasteiger partial charge on any atom is -0.282 e. The molecule has 2 rings (SSSR count). The van der Waals surface area contributed by atoms with Crippen molar-refractivity contribution in [3.05, 3.63) is 28.1 Å². The summed E-state index contributed by atoms with van der Waals surface area (Å²) in [4.78, 5) is 0. The van der Waals surface area contributed by atoms with E-state index in [-0.39, 0.29) is 5.82 Å². The Labute approximate surface area is 76.9 Å². The van der Waals surface area contributed by atoms with E-state index < -0.39 is 0 Å². The molecule has 1 aromatic carbocycles. The summed E-state index contributed by atoms with van der Waals surface area (Å²) < 4.78 is 13.4. The van der Waals surface area contributed by atoms with Gasteiger partial charge in [0, 0.05) is 17.1 Å². The second-order valence-electron chi connectivity index (χ2n) is 2.63. The number of aryl methyl sites for hydroxylation is 1. The number of nitrogens with one attached hydrogen (secondary N) is 1. The average Bonchev–Trinajstić information content (AvgIpc) is 2.35. The topological polar surface area (TPSA) is 28.7 Å². The number of H-pyrrole nitrogens is 1. The molecule has 0 unspecified atom stereocenters. The van der Waals surface area contributed by atoms with Crippen molar-refractivity contribution in [2.75, 3.05) is 0 Å². The van der Waals surface area contributed by atoms with Crippen LogP contribution in [0.2, 0.25) is 0 Å². The number of hydrogen-bond acceptors (Lipinski definition) is 1. The maximum atomic E-state index is 13.0. The van der Waals surface area contributed by atoms with Gasteiger partial charge in [0.1, 0.15) is 5.82 Å². The fraction of sp³-hybridized carbons (Fsp3) is 0.125. The monoisotopic (exact) mass is 228 g/mol. The van der Waals surface area contributed by atoms with Crippen LogP contribution in [-0.4, -0.2) is 10.2 Å². The van der Waals surface area contributed by atoms with Crippen molar-refractivity contribution >= 4 is 26.8 Å². The Kier molecular flexibility index (Phi) is 1.65. The van der Waals surface area contributed by atoms with E-state index in [0.717, 1.165) is 11.1 Å². The minimum absolute atomic E-state index is 0.283. The molecule has 1 heterocycles. The third-order valence-corrected chi connectivity index (χ3v) is 2.39. The third kappa shape index (κ3) is 1.03. The van der Waals surface area contributed by atoms with E-state index >= 15 is 0 Å². The smallest absolute Gasteiger partial charge is 0.139 e. The maximum absolute atomic E-state index is 13.0. The molecule has 0 radical (unpaired) electrons. The van der Waals surface area contributed by atoms with E-state index in [2.05, 4.69) is 26.1 Å². The maximum Gasteiger partial charge on any atom is 0.139 e. The second kappa shape index (κ2) is 2.55. The van der Waals surface area contributed by atoms with Gasteiger partial charge in [0.05, 0.1) is 9.99 Å². The Bertz CT molecular complexity index is 436. The van der Waals surface area contributed by atoms with Crippen LogP contribution in [-0.2, 0) is 0 Å². The number of fused-ring (bicyclic) bond motifs is 1. The lowest BCUT2D eigenvalue weighted by atomic mass is 10.2. The van der Waals surface area contributed by atoms with Crippen LogP contribution in [0.5, 0.6) is 0 Å². The number of aromatic nitrogens is 2. The molecule has 0 saturated heterocycles. The highest BCUT2D eigenvalue weighted by molar-refractivity contribution is 9.10. The number of hydrogen-bond donors (Lipinski definition) is 1. The van der Waals surface area contributed by atoms with E-state index in [0.29, 0.717) is 9.99 Å². The molecular formula is C8H6BrFN2. The van der Waals surface area contributed by atoms with Crippen molar-refractivity contribution in [2.45, 2.75) is 6.92 Å². The van der Waals surface area contributed by atoms with Crippen LogP contribution >= 0.6 is 15.9 Å². The fourth-order valence-electron chi connectivity index (χ4n) is 1.13. The lowest BCUT2D eigenvalue weighted by molar-refractivity contribution is 0.623. The summed E-state index contributed by atoms with van der Waals surface area (Å²) in [5, 5.41) is 7.68. The van der Waals surface area contributed by atoms with Crippen LogP contribution in [0.15, 0.2) is 16.6 Å². The molecule has 0 aliphatic carbocycles. The van der Waals surface area contributed by atoms with Crippen LogP contribution in [0, 0.1) is 12.7 Å². The van der Waals surface area contributed by atoms with Crippen molar-refractivity contribution in [3.63, 3.8) is 0 Å². The van der Waals surface area contributed by atoms with Gasteiger partial charge in [-0.3, -0.25) is 5.10 Å². The molecule has 0 atom stereocenters. The van der Waals surface area contributed by atoms with E-state index in [1.54, 1.807) is 6.07 Å². The van der Waals surface area contributed by atoms with Crippen LogP contribution in [0.1, 0.15) is 5.69 Å². The summed E-state index contributed by atoms with van der Waals surface area (Å²) in [6.45, 7) is 1.90. The Morgan fingerprint density at radius 3 is 3.00 bits per heavy atom. The lowest BCUT2D eigenvalue weighted by Gasteiger charge is -1.93. The molecule has 12 heavy (non-hydrogen) atoms. The molecule has 0 aliphatic heterocycles. The van der Waals surface area contributed by atoms with Crippen molar-refractivity contribution in [2.24, 2.45) is 0 Å². The Morgan fingerprint density at radius 2 is 2.25 bits per heavy atom. The molecule has 0 bridgehead atoms. The van der Waals surface area contributed by atoms with E-state index in [1.807, 2.05) is 6.92 Å². The number of nitrogens with zero attached hydrogens (tertiary/aromatic N) is 1. The molecule has 4 heteroatoms. The summed E-state index contributed by atoms with van der Waals surface area (Å²) in [6, 6.07) is 3.13. The molecule has 62 valence electrons. The highest BCUT2D eigenvalue weighted by Gasteiger charge is 2.05. The number of rotatable bonds is 0. The zero-order valence-corrected chi connectivity index (χ0v) is 7.94. The molecule has 0 saturated carbocycles. The lowest BCUT2D eigenvalue weighted by Crippen LogP contribution is -1.77. The van der Waals surface area contributed by atoms with Gasteiger partial charge in [-0.15, -0.1) is 0 Å². The van der Waals surface area contributed by atoms with Crippen molar-refractivity contribution in [1.82, 2.24) is 10.2 Å². The SMILES string of the molecule is Cc1[nH]nc2cc(F)c(Br)cc12. The molecule has 2 nitrogen and oxygen atoms in total. The average molecular weight is 229 g/mol. The number of halogens is 2. The molecule has 2 aromatic rings. The van der Waals surface area contributed by atoms with Gasteiger partial charge in [-0.25, -0.2) is 4.39 Å². The molecular weight excluding hydrogens is 223 g/mol. The second-order valence-corrected chi connectivity index (χ2v) is 3.49. The van der Waals surface area contributed by atoms with Crippen LogP contribution in [0.25, 0.3) is 10.9 Å². The Hall–Kier alpha value is -0.900. The summed E-state index contributed by atoms with van der Waals surface area (Å²) in [5.41, 5.74) is 1.61. The van der Waals surface area contributed by atoms with E-state index in [1.165, 1.54) is 6.07 Å². The zero-order valence-electron chi connectivity index (χ0n) is 6.36. The summed E-state index contributed by atoms with van der Waals surface area (Å²) >= 11 is 3.12.